The normalized spacial score (nSPS) is 11.4. The summed E-state index contributed by atoms with van der Waals surface area (Å²) in [6.07, 6.45) is 0.961. The highest BCUT2D eigenvalue weighted by Gasteiger charge is 2.28. The van der Waals surface area contributed by atoms with Crippen molar-refractivity contribution >= 4 is 92.7 Å². The molecule has 9 N–H and O–H groups in total. The standard InChI is InChI=1S/C24H25N3O6S2.C23H23N3O6S2/c1-3-15-11-19(22(30)25-12-14-6-4-7-16(28)10-14)35-20(15)23(31)27-17(24(32)33-2)13-26-21(29)18-8-5-9-34-18;1-2-14-10-18(21(29)24-11-13-5-3-6-15(27)9-13)34-19(14)22(30)26-16(23(31)32)12-25-20(28)17-7-4-8-33-17/h4-11,17,28H,3,12-13H2,1-2H3,(H,25,30)(H,26,29)(H,27,31);3-10,16,27H,2,11-12H2,1H3,(H,24,29)(H,25,28)(H,26,30)(H,31,32)/t17-;16-/m00/s1. The number of rotatable bonds is 20. The fraction of sp³-hybridized carbons (Fsp3) is 0.234. The van der Waals surface area contributed by atoms with Crippen LogP contribution in [0.4, 0.5) is 0 Å². The van der Waals surface area contributed by atoms with Crippen LogP contribution in [0.5, 0.6) is 11.5 Å². The van der Waals surface area contributed by atoms with Crippen molar-refractivity contribution in [3.8, 4) is 11.5 Å². The van der Waals surface area contributed by atoms with Gasteiger partial charge in [0.2, 0.25) is 0 Å². The Kier molecular flexibility index (Phi) is 19.5. The van der Waals surface area contributed by atoms with Crippen molar-refractivity contribution in [1.29, 1.82) is 0 Å². The Morgan fingerprint density at radius 1 is 0.536 bits per heavy atom. The van der Waals surface area contributed by atoms with Crippen molar-refractivity contribution in [3.05, 3.63) is 147 Å². The second-order valence-electron chi connectivity index (χ2n) is 14.6. The molecule has 2 atom stereocenters. The number of benzene rings is 2. The van der Waals surface area contributed by atoms with Gasteiger partial charge in [0, 0.05) is 26.2 Å². The second kappa shape index (κ2) is 25.7. The Hall–Kier alpha value is -7.40. The number of amides is 6. The molecule has 4 aromatic heterocycles. The van der Waals surface area contributed by atoms with Crippen LogP contribution in [0, 0.1) is 0 Å². The first kappa shape index (κ1) is 52.6. The minimum atomic E-state index is -1.34. The van der Waals surface area contributed by atoms with E-state index in [2.05, 4.69) is 31.9 Å². The van der Waals surface area contributed by atoms with Crippen LogP contribution in [0.15, 0.2) is 95.7 Å². The van der Waals surface area contributed by atoms with Gasteiger partial charge >= 0.3 is 11.9 Å². The number of carbonyl (C=O) groups excluding carboxylic acids is 7. The monoisotopic (exact) mass is 1020 g/mol. The second-order valence-corrected chi connectivity index (χ2v) is 18.6. The summed E-state index contributed by atoms with van der Waals surface area (Å²) in [5, 5.41) is 47.7. The molecule has 69 heavy (non-hydrogen) atoms. The molecule has 0 radical (unpaired) electrons. The Morgan fingerprint density at radius 2 is 0.957 bits per heavy atom. The van der Waals surface area contributed by atoms with Crippen molar-refractivity contribution < 1.29 is 58.4 Å². The molecule has 0 bridgehead atoms. The number of hydrogen-bond acceptors (Lipinski definition) is 15. The number of methoxy groups -OCH3 is 1. The Balaban J connectivity index is 0.000000258. The molecule has 0 aliphatic carbocycles. The van der Waals surface area contributed by atoms with Gasteiger partial charge in [-0.25, -0.2) is 9.59 Å². The zero-order chi connectivity index (χ0) is 50.0. The topological polar surface area (TPSA) is 279 Å². The number of ether oxygens (including phenoxy) is 1. The smallest absolute Gasteiger partial charge is 0.330 e. The third kappa shape index (κ3) is 15.3. The number of esters is 1. The fourth-order valence-electron chi connectivity index (χ4n) is 6.23. The van der Waals surface area contributed by atoms with E-state index in [1.54, 1.807) is 77.5 Å². The molecule has 0 saturated heterocycles. The number of aryl methyl sites for hydroxylation is 2. The summed E-state index contributed by atoms with van der Waals surface area (Å²) in [6, 6.07) is 20.5. The minimum absolute atomic E-state index is 0.0923. The van der Waals surface area contributed by atoms with E-state index in [-0.39, 0.29) is 60.3 Å². The molecule has 0 saturated carbocycles. The number of phenolic OH excluding ortho intramolecular Hbond substituents is 2. The van der Waals surface area contributed by atoms with Crippen LogP contribution >= 0.6 is 45.3 Å². The third-order valence-electron chi connectivity index (χ3n) is 9.78. The molecule has 0 spiro atoms. The lowest BCUT2D eigenvalue weighted by atomic mass is 10.1. The first-order valence-corrected chi connectivity index (χ1v) is 24.4. The fourth-order valence-corrected chi connectivity index (χ4v) is 9.65. The molecule has 18 nitrogen and oxygen atoms in total. The van der Waals surface area contributed by atoms with Crippen molar-refractivity contribution in [2.75, 3.05) is 20.2 Å². The summed E-state index contributed by atoms with van der Waals surface area (Å²) in [4.78, 5) is 101. The largest absolute Gasteiger partial charge is 0.508 e. The van der Waals surface area contributed by atoms with E-state index in [1.165, 1.54) is 48.0 Å². The molecule has 4 heterocycles. The van der Waals surface area contributed by atoms with Gasteiger partial charge in [-0.05, 0) is 94.4 Å². The van der Waals surface area contributed by atoms with E-state index in [9.17, 15) is 53.7 Å². The highest BCUT2D eigenvalue weighted by molar-refractivity contribution is 7.16. The molecule has 2 aromatic carbocycles. The van der Waals surface area contributed by atoms with E-state index in [0.29, 0.717) is 53.9 Å². The molecule has 0 fully saturated rings. The van der Waals surface area contributed by atoms with Gasteiger partial charge in [0.05, 0.1) is 36.4 Å². The van der Waals surface area contributed by atoms with Crippen LogP contribution in [0.25, 0.3) is 0 Å². The van der Waals surface area contributed by atoms with Crippen LogP contribution in [0.1, 0.15) is 94.1 Å². The van der Waals surface area contributed by atoms with Gasteiger partial charge < -0.3 is 52.0 Å². The SMILES string of the molecule is CCc1cc(C(=O)NCc2cccc(O)c2)sc1C(=O)N[C@@H](CNC(=O)c1cccs1)C(=O)O.CCc1cc(C(=O)NCc2cccc(O)c2)sc1C(=O)N[C@@H](CNC(=O)c1cccs1)C(=O)OC. The number of carbonyl (C=O) groups is 8. The Morgan fingerprint density at radius 3 is 1.33 bits per heavy atom. The average molecular weight is 1020 g/mol. The van der Waals surface area contributed by atoms with Gasteiger partial charge in [-0.3, -0.25) is 28.8 Å². The van der Waals surface area contributed by atoms with Gasteiger partial charge in [0.25, 0.3) is 35.4 Å². The number of thiophene rings is 4. The summed E-state index contributed by atoms with van der Waals surface area (Å²) in [6.45, 7) is 3.64. The molecule has 22 heteroatoms. The predicted molar refractivity (Wildman–Crippen MR) is 261 cm³/mol. The van der Waals surface area contributed by atoms with Crippen molar-refractivity contribution in [2.45, 2.75) is 51.9 Å². The molecule has 6 rings (SSSR count). The maximum Gasteiger partial charge on any atom is 0.330 e. The quantitative estimate of drug-likeness (QED) is 0.0439. The minimum Gasteiger partial charge on any atom is -0.508 e. The Labute approximate surface area is 411 Å². The molecule has 0 aliphatic rings. The van der Waals surface area contributed by atoms with Crippen LogP contribution in [0.3, 0.4) is 0 Å². The number of carboxylic acids is 1. The van der Waals surface area contributed by atoms with Crippen LogP contribution in [-0.2, 0) is 40.3 Å². The van der Waals surface area contributed by atoms with Crippen molar-refractivity contribution in [2.24, 2.45) is 0 Å². The van der Waals surface area contributed by atoms with E-state index in [4.69, 9.17) is 4.74 Å². The predicted octanol–water partition coefficient (Wildman–Crippen LogP) is 5.33. The lowest BCUT2D eigenvalue weighted by Gasteiger charge is -2.17. The summed E-state index contributed by atoms with van der Waals surface area (Å²) >= 11 is 4.45. The first-order chi connectivity index (χ1) is 33.1. The summed E-state index contributed by atoms with van der Waals surface area (Å²) < 4.78 is 4.77. The average Bonchev–Trinajstić information content (AvgIpc) is 4.20. The number of phenols is 2. The van der Waals surface area contributed by atoms with E-state index >= 15 is 0 Å². The first-order valence-electron chi connectivity index (χ1n) is 21.0. The zero-order valence-electron chi connectivity index (χ0n) is 37.3. The highest BCUT2D eigenvalue weighted by atomic mass is 32.1. The van der Waals surface area contributed by atoms with Gasteiger partial charge in [-0.1, -0.05) is 50.2 Å². The van der Waals surface area contributed by atoms with Gasteiger partial charge in [0.1, 0.15) is 23.6 Å². The van der Waals surface area contributed by atoms with Gasteiger partial charge in [-0.2, -0.15) is 0 Å². The molecule has 6 amide bonds. The van der Waals surface area contributed by atoms with E-state index in [1.807, 2.05) is 13.8 Å². The van der Waals surface area contributed by atoms with E-state index < -0.39 is 41.7 Å². The number of aliphatic carboxylic acids is 1. The number of nitrogens with one attached hydrogen (secondary N) is 6. The van der Waals surface area contributed by atoms with E-state index in [0.717, 1.165) is 28.2 Å². The molecular weight excluding hydrogens is 969 g/mol. The maximum atomic E-state index is 13.0. The molecule has 0 unspecified atom stereocenters. The molecule has 0 aliphatic heterocycles. The van der Waals surface area contributed by atoms with Crippen LogP contribution < -0.4 is 31.9 Å². The highest BCUT2D eigenvalue weighted by Crippen LogP contribution is 2.25. The maximum absolute atomic E-state index is 13.0. The van der Waals surface area contributed by atoms with Crippen molar-refractivity contribution in [3.63, 3.8) is 0 Å². The number of carboxylic acid groups (broad SMARTS) is 1. The van der Waals surface area contributed by atoms with Gasteiger partial charge in [-0.15, -0.1) is 45.3 Å². The Bertz CT molecular complexity index is 2770. The summed E-state index contributed by atoms with van der Waals surface area (Å²) in [5.74, 6) is -4.51. The summed E-state index contributed by atoms with van der Waals surface area (Å²) in [5.41, 5.74) is 2.71. The molecule has 362 valence electrons. The summed E-state index contributed by atoms with van der Waals surface area (Å²) in [7, 11) is 1.19. The molecule has 6 aromatic rings. The third-order valence-corrected chi connectivity index (χ3v) is 13.9. The van der Waals surface area contributed by atoms with Crippen molar-refractivity contribution in [1.82, 2.24) is 31.9 Å². The van der Waals surface area contributed by atoms with Crippen LogP contribution in [-0.4, -0.2) is 95.0 Å². The zero-order valence-corrected chi connectivity index (χ0v) is 40.5. The lowest BCUT2D eigenvalue weighted by molar-refractivity contribution is -0.142. The van der Waals surface area contributed by atoms with Crippen LogP contribution in [0.2, 0.25) is 0 Å². The number of hydrogen-bond donors (Lipinski definition) is 9. The number of aromatic hydroxyl groups is 2. The molecular formula is C47H48N6O12S4. The lowest BCUT2D eigenvalue weighted by Crippen LogP contribution is -2.48. The van der Waals surface area contributed by atoms with Gasteiger partial charge in [0.15, 0.2) is 0 Å².